The molecular formula is C13H9BrF2N2O2. The van der Waals surface area contributed by atoms with Gasteiger partial charge in [-0.25, -0.2) is 13.6 Å². The summed E-state index contributed by atoms with van der Waals surface area (Å²) in [6.45, 7) is 0. The average molecular weight is 343 g/mol. The van der Waals surface area contributed by atoms with Crippen molar-refractivity contribution in [2.24, 2.45) is 0 Å². The topological polar surface area (TPSA) is 75.4 Å². The van der Waals surface area contributed by atoms with Gasteiger partial charge >= 0.3 is 5.97 Å². The minimum atomic E-state index is -1.21. The smallest absolute Gasteiger partial charge is 0.337 e. The molecule has 20 heavy (non-hydrogen) atoms. The summed E-state index contributed by atoms with van der Waals surface area (Å²) in [4.78, 5) is 11.1. The van der Waals surface area contributed by atoms with E-state index in [0.717, 1.165) is 0 Å². The highest BCUT2D eigenvalue weighted by Crippen LogP contribution is 2.31. The molecule has 0 atom stereocenters. The first-order valence-electron chi connectivity index (χ1n) is 5.43. The Hall–Kier alpha value is -2.15. The lowest BCUT2D eigenvalue weighted by Crippen LogP contribution is -2.06. The Balaban J connectivity index is 2.50. The van der Waals surface area contributed by atoms with E-state index in [1.54, 1.807) is 0 Å². The van der Waals surface area contributed by atoms with Crippen LogP contribution < -0.4 is 11.1 Å². The van der Waals surface area contributed by atoms with E-state index in [9.17, 15) is 13.6 Å². The predicted molar refractivity (Wildman–Crippen MR) is 75.2 cm³/mol. The number of rotatable bonds is 3. The van der Waals surface area contributed by atoms with Gasteiger partial charge in [0.05, 0.1) is 27.1 Å². The zero-order chi connectivity index (χ0) is 14.9. The molecule has 0 amide bonds. The number of nitrogens with two attached hydrogens (primary N) is 1. The van der Waals surface area contributed by atoms with Gasteiger partial charge in [-0.2, -0.15) is 0 Å². The van der Waals surface area contributed by atoms with Crippen LogP contribution in [0.1, 0.15) is 10.4 Å². The number of halogens is 3. The summed E-state index contributed by atoms with van der Waals surface area (Å²) < 4.78 is 26.9. The van der Waals surface area contributed by atoms with Crippen molar-refractivity contribution in [3.05, 3.63) is 52.0 Å². The second-order valence-corrected chi connectivity index (χ2v) is 4.80. The van der Waals surface area contributed by atoms with Gasteiger partial charge in [0.1, 0.15) is 11.6 Å². The molecule has 0 aliphatic carbocycles. The molecule has 7 heteroatoms. The van der Waals surface area contributed by atoms with Gasteiger partial charge in [0.15, 0.2) is 0 Å². The van der Waals surface area contributed by atoms with Crippen LogP contribution in [0.25, 0.3) is 0 Å². The molecule has 2 rings (SSSR count). The Kier molecular flexibility index (Phi) is 3.89. The van der Waals surface area contributed by atoms with Crippen LogP contribution in [-0.2, 0) is 0 Å². The zero-order valence-electron chi connectivity index (χ0n) is 9.95. The fourth-order valence-electron chi connectivity index (χ4n) is 1.64. The Morgan fingerprint density at radius 2 is 1.95 bits per heavy atom. The number of hydrogen-bond donors (Lipinski definition) is 3. The van der Waals surface area contributed by atoms with E-state index in [-0.39, 0.29) is 27.1 Å². The SMILES string of the molecule is Nc1cccc(C(=O)O)c1Nc1cc(Br)c(F)cc1F. The summed E-state index contributed by atoms with van der Waals surface area (Å²) in [5, 5.41) is 11.7. The van der Waals surface area contributed by atoms with Crippen LogP contribution in [0.2, 0.25) is 0 Å². The van der Waals surface area contributed by atoms with Gasteiger partial charge in [-0.1, -0.05) is 6.07 Å². The quantitative estimate of drug-likeness (QED) is 0.586. The van der Waals surface area contributed by atoms with Crippen LogP contribution in [0, 0.1) is 11.6 Å². The summed E-state index contributed by atoms with van der Waals surface area (Å²) in [5.41, 5.74) is 5.70. The van der Waals surface area contributed by atoms with Gasteiger partial charge in [0.2, 0.25) is 0 Å². The maximum absolute atomic E-state index is 13.7. The number of carboxylic acid groups (broad SMARTS) is 1. The molecule has 4 nitrogen and oxygen atoms in total. The van der Waals surface area contributed by atoms with Crippen molar-refractivity contribution in [3.63, 3.8) is 0 Å². The predicted octanol–water partition coefficient (Wildman–Crippen LogP) is 3.75. The minimum Gasteiger partial charge on any atom is -0.478 e. The second-order valence-electron chi connectivity index (χ2n) is 3.95. The third-order valence-electron chi connectivity index (χ3n) is 2.60. The van der Waals surface area contributed by atoms with Crippen molar-refractivity contribution in [1.29, 1.82) is 0 Å². The first kappa shape index (κ1) is 14.3. The van der Waals surface area contributed by atoms with Gasteiger partial charge < -0.3 is 16.2 Å². The first-order chi connectivity index (χ1) is 9.40. The van der Waals surface area contributed by atoms with Crippen molar-refractivity contribution < 1.29 is 18.7 Å². The molecule has 0 bridgehead atoms. The Morgan fingerprint density at radius 1 is 1.25 bits per heavy atom. The number of para-hydroxylation sites is 1. The number of carboxylic acids is 1. The summed E-state index contributed by atoms with van der Waals surface area (Å²) >= 11 is 2.93. The number of benzene rings is 2. The average Bonchev–Trinajstić information content (AvgIpc) is 2.37. The van der Waals surface area contributed by atoms with Crippen LogP contribution in [0.15, 0.2) is 34.8 Å². The highest BCUT2D eigenvalue weighted by molar-refractivity contribution is 9.10. The lowest BCUT2D eigenvalue weighted by Gasteiger charge is -2.13. The van der Waals surface area contributed by atoms with Crippen LogP contribution >= 0.6 is 15.9 Å². The van der Waals surface area contributed by atoms with Crippen LogP contribution in [-0.4, -0.2) is 11.1 Å². The van der Waals surface area contributed by atoms with E-state index in [0.29, 0.717) is 6.07 Å². The maximum atomic E-state index is 13.7. The van der Waals surface area contributed by atoms with Crippen molar-refractivity contribution in [3.8, 4) is 0 Å². The van der Waals surface area contributed by atoms with E-state index >= 15 is 0 Å². The molecular weight excluding hydrogens is 334 g/mol. The molecule has 0 fully saturated rings. The summed E-state index contributed by atoms with van der Waals surface area (Å²) in [5.74, 6) is -2.82. The summed E-state index contributed by atoms with van der Waals surface area (Å²) in [6.07, 6.45) is 0. The summed E-state index contributed by atoms with van der Waals surface area (Å²) in [7, 11) is 0. The van der Waals surface area contributed by atoms with E-state index in [4.69, 9.17) is 10.8 Å². The lowest BCUT2D eigenvalue weighted by atomic mass is 10.1. The second kappa shape index (κ2) is 5.46. The fourth-order valence-corrected chi connectivity index (χ4v) is 1.98. The number of aromatic carboxylic acids is 1. The molecule has 0 saturated heterocycles. The highest BCUT2D eigenvalue weighted by atomic mass is 79.9. The zero-order valence-corrected chi connectivity index (χ0v) is 11.5. The molecule has 0 heterocycles. The molecule has 4 N–H and O–H groups in total. The molecule has 0 spiro atoms. The summed E-state index contributed by atoms with van der Waals surface area (Å²) in [6, 6.07) is 6.14. The molecule has 0 saturated carbocycles. The van der Waals surface area contributed by atoms with E-state index in [1.807, 2.05) is 0 Å². The van der Waals surface area contributed by atoms with Gasteiger partial charge in [0, 0.05) is 6.07 Å². The van der Waals surface area contributed by atoms with Crippen LogP contribution in [0.4, 0.5) is 25.8 Å². The Labute approximate surface area is 121 Å². The third-order valence-corrected chi connectivity index (χ3v) is 3.20. The number of carbonyl (C=O) groups is 1. The lowest BCUT2D eigenvalue weighted by molar-refractivity contribution is 0.0698. The molecule has 0 radical (unpaired) electrons. The molecule has 0 aromatic heterocycles. The Morgan fingerprint density at radius 3 is 2.60 bits per heavy atom. The normalized spacial score (nSPS) is 10.3. The largest absolute Gasteiger partial charge is 0.478 e. The van der Waals surface area contributed by atoms with Crippen molar-refractivity contribution in [1.82, 2.24) is 0 Å². The van der Waals surface area contributed by atoms with Gasteiger partial charge in [0.25, 0.3) is 0 Å². The first-order valence-corrected chi connectivity index (χ1v) is 6.23. The van der Waals surface area contributed by atoms with Gasteiger partial charge in [-0.05, 0) is 34.1 Å². The van der Waals surface area contributed by atoms with Crippen molar-refractivity contribution in [2.75, 3.05) is 11.1 Å². The van der Waals surface area contributed by atoms with Gasteiger partial charge in [-0.15, -0.1) is 0 Å². The molecule has 2 aromatic rings. The molecule has 104 valence electrons. The molecule has 2 aromatic carbocycles. The maximum Gasteiger partial charge on any atom is 0.337 e. The number of nitrogen functional groups attached to an aromatic ring is 1. The number of anilines is 3. The number of nitrogens with one attached hydrogen (secondary N) is 1. The minimum absolute atomic E-state index is 0.0489. The fraction of sp³-hybridized carbons (Fsp3) is 0. The molecule has 0 aliphatic rings. The standard InChI is InChI=1S/C13H9BrF2N2O2/c14-7-4-11(9(16)5-8(7)15)18-12-6(13(19)20)2-1-3-10(12)17/h1-5,18H,17H2,(H,19,20). The van der Waals surface area contributed by atoms with E-state index < -0.39 is 17.6 Å². The third kappa shape index (κ3) is 2.72. The van der Waals surface area contributed by atoms with E-state index in [2.05, 4.69) is 21.2 Å². The van der Waals surface area contributed by atoms with E-state index in [1.165, 1.54) is 24.3 Å². The highest BCUT2D eigenvalue weighted by Gasteiger charge is 2.15. The Bertz CT molecular complexity index is 692. The van der Waals surface area contributed by atoms with Crippen molar-refractivity contribution in [2.45, 2.75) is 0 Å². The number of hydrogen-bond acceptors (Lipinski definition) is 3. The van der Waals surface area contributed by atoms with Gasteiger partial charge in [-0.3, -0.25) is 0 Å². The van der Waals surface area contributed by atoms with Crippen LogP contribution in [0.5, 0.6) is 0 Å². The monoisotopic (exact) mass is 342 g/mol. The van der Waals surface area contributed by atoms with Crippen LogP contribution in [0.3, 0.4) is 0 Å². The van der Waals surface area contributed by atoms with Crippen molar-refractivity contribution >= 4 is 39.0 Å². The molecule has 0 unspecified atom stereocenters. The molecule has 0 aliphatic heterocycles.